The summed E-state index contributed by atoms with van der Waals surface area (Å²) < 4.78 is 1.58. The first-order valence-corrected chi connectivity index (χ1v) is 9.07. The number of hydrogen-bond acceptors (Lipinski definition) is 4. The molecule has 0 aliphatic heterocycles. The minimum Gasteiger partial charge on any atom is -0.268 e. The van der Waals surface area contributed by atoms with Crippen molar-refractivity contribution in [2.75, 3.05) is 5.43 Å². The van der Waals surface area contributed by atoms with E-state index in [9.17, 15) is 4.79 Å². The number of hydrazone groups is 1. The second-order valence-electron chi connectivity index (χ2n) is 6.61. The lowest BCUT2D eigenvalue weighted by atomic mass is 10.1. The molecule has 0 saturated heterocycles. The van der Waals surface area contributed by atoms with E-state index >= 15 is 0 Å². The summed E-state index contributed by atoms with van der Waals surface area (Å²) in [4.78, 5) is 17.9. The van der Waals surface area contributed by atoms with Crippen LogP contribution < -0.4 is 11.0 Å². The van der Waals surface area contributed by atoms with E-state index in [4.69, 9.17) is 0 Å². The molecule has 4 aromatic rings. The molecule has 4 rings (SSSR count). The van der Waals surface area contributed by atoms with Crippen molar-refractivity contribution in [1.82, 2.24) is 9.55 Å². The smallest absolute Gasteiger partial charge is 0.267 e. The van der Waals surface area contributed by atoms with E-state index in [1.807, 2.05) is 80.6 Å². The molecule has 0 amide bonds. The minimum absolute atomic E-state index is 0.131. The predicted molar refractivity (Wildman–Crippen MR) is 114 cm³/mol. The first-order chi connectivity index (χ1) is 13.6. The van der Waals surface area contributed by atoms with Gasteiger partial charge in [0.25, 0.3) is 5.56 Å². The number of aryl methyl sites for hydroxylation is 2. The van der Waals surface area contributed by atoms with Gasteiger partial charge in [-0.05, 0) is 48.7 Å². The lowest BCUT2D eigenvalue weighted by Gasteiger charge is -2.14. The molecule has 0 saturated carbocycles. The van der Waals surface area contributed by atoms with Crippen molar-refractivity contribution in [3.05, 3.63) is 99.8 Å². The second-order valence-corrected chi connectivity index (χ2v) is 6.61. The number of hydrogen-bond donors (Lipinski definition) is 1. The quantitative estimate of drug-likeness (QED) is 0.428. The molecule has 0 unspecified atom stereocenters. The minimum atomic E-state index is -0.131. The van der Waals surface area contributed by atoms with Crippen molar-refractivity contribution < 1.29 is 0 Å². The molecule has 3 aromatic carbocycles. The van der Waals surface area contributed by atoms with Gasteiger partial charge in [-0.15, -0.1) is 0 Å². The molecule has 0 spiro atoms. The SMILES string of the molecule is Cc1ccccc1/C=N/Nc1nc2ccccc2c(=O)n1-c1ccccc1C. The summed E-state index contributed by atoms with van der Waals surface area (Å²) in [5, 5.41) is 4.91. The van der Waals surface area contributed by atoms with Crippen LogP contribution in [0.2, 0.25) is 0 Å². The van der Waals surface area contributed by atoms with Crippen molar-refractivity contribution in [1.29, 1.82) is 0 Å². The van der Waals surface area contributed by atoms with Crippen LogP contribution in [0.1, 0.15) is 16.7 Å². The van der Waals surface area contributed by atoms with Crippen LogP contribution in [0.4, 0.5) is 5.95 Å². The Morgan fingerprint density at radius 1 is 0.893 bits per heavy atom. The molecule has 138 valence electrons. The molecule has 1 N–H and O–H groups in total. The van der Waals surface area contributed by atoms with Crippen molar-refractivity contribution in [2.45, 2.75) is 13.8 Å². The van der Waals surface area contributed by atoms with E-state index in [0.29, 0.717) is 16.9 Å². The van der Waals surface area contributed by atoms with Crippen LogP contribution >= 0.6 is 0 Å². The van der Waals surface area contributed by atoms with Gasteiger partial charge < -0.3 is 0 Å². The maximum Gasteiger partial charge on any atom is 0.267 e. The maximum atomic E-state index is 13.2. The number of anilines is 1. The topological polar surface area (TPSA) is 59.3 Å². The summed E-state index contributed by atoms with van der Waals surface area (Å²) in [5.41, 5.74) is 7.35. The van der Waals surface area contributed by atoms with E-state index in [1.54, 1.807) is 16.8 Å². The molecular formula is C23H20N4O. The fraction of sp³-hybridized carbons (Fsp3) is 0.0870. The van der Waals surface area contributed by atoms with Gasteiger partial charge >= 0.3 is 0 Å². The summed E-state index contributed by atoms with van der Waals surface area (Å²) in [7, 11) is 0. The molecule has 0 fully saturated rings. The Morgan fingerprint density at radius 3 is 2.36 bits per heavy atom. The molecule has 28 heavy (non-hydrogen) atoms. The standard InChI is InChI=1S/C23H20N4O/c1-16-9-3-5-11-18(16)15-24-26-23-25-20-13-7-6-12-19(20)22(28)27(23)21-14-8-4-10-17(21)2/h3-15H,1-2H3,(H,25,26)/b24-15+. The number of rotatable bonds is 4. The zero-order valence-corrected chi connectivity index (χ0v) is 15.8. The first-order valence-electron chi connectivity index (χ1n) is 9.07. The monoisotopic (exact) mass is 368 g/mol. The Labute approximate surface area is 163 Å². The van der Waals surface area contributed by atoms with Gasteiger partial charge in [0.2, 0.25) is 5.95 Å². The second kappa shape index (κ2) is 7.48. The maximum absolute atomic E-state index is 13.2. The predicted octanol–water partition coefficient (Wildman–Crippen LogP) is 4.45. The number of para-hydroxylation sites is 2. The molecule has 0 aliphatic rings. The number of nitrogens with zero attached hydrogens (tertiary/aromatic N) is 3. The van der Waals surface area contributed by atoms with Gasteiger partial charge in [-0.2, -0.15) is 5.10 Å². The Morgan fingerprint density at radius 2 is 1.57 bits per heavy atom. The Hall–Kier alpha value is -3.73. The third kappa shape index (κ3) is 3.30. The molecule has 5 nitrogen and oxygen atoms in total. The highest BCUT2D eigenvalue weighted by molar-refractivity contribution is 5.82. The Bertz CT molecular complexity index is 1240. The van der Waals surface area contributed by atoms with E-state index in [-0.39, 0.29) is 5.56 Å². The number of fused-ring (bicyclic) bond motifs is 1. The average Bonchev–Trinajstić information content (AvgIpc) is 2.71. The van der Waals surface area contributed by atoms with Gasteiger partial charge in [0.1, 0.15) is 0 Å². The van der Waals surface area contributed by atoms with E-state index in [1.165, 1.54) is 0 Å². The number of nitrogens with one attached hydrogen (secondary N) is 1. The lowest BCUT2D eigenvalue weighted by molar-refractivity contribution is 0.947. The third-order valence-electron chi connectivity index (χ3n) is 4.69. The molecule has 1 aromatic heterocycles. The average molecular weight is 368 g/mol. The first kappa shape index (κ1) is 17.7. The Balaban J connectivity index is 1.85. The van der Waals surface area contributed by atoms with Gasteiger partial charge in [0.15, 0.2) is 0 Å². The van der Waals surface area contributed by atoms with Crippen molar-refractivity contribution in [2.24, 2.45) is 5.10 Å². The highest BCUT2D eigenvalue weighted by Crippen LogP contribution is 2.19. The summed E-state index contributed by atoms with van der Waals surface area (Å²) in [5.74, 6) is 0.378. The molecule has 0 radical (unpaired) electrons. The summed E-state index contributed by atoms with van der Waals surface area (Å²) in [6.07, 6.45) is 1.73. The lowest BCUT2D eigenvalue weighted by Crippen LogP contribution is -2.23. The van der Waals surface area contributed by atoms with E-state index in [2.05, 4.69) is 15.5 Å². The van der Waals surface area contributed by atoms with Gasteiger partial charge in [-0.25, -0.2) is 15.0 Å². The highest BCUT2D eigenvalue weighted by atomic mass is 16.1. The van der Waals surface area contributed by atoms with Gasteiger partial charge in [0, 0.05) is 0 Å². The van der Waals surface area contributed by atoms with Crippen LogP contribution in [0.15, 0.2) is 82.7 Å². The zero-order chi connectivity index (χ0) is 19.5. The zero-order valence-electron chi connectivity index (χ0n) is 15.8. The van der Waals surface area contributed by atoms with Gasteiger partial charge in [-0.1, -0.05) is 54.6 Å². The van der Waals surface area contributed by atoms with Crippen molar-refractivity contribution in [3.63, 3.8) is 0 Å². The summed E-state index contributed by atoms with van der Waals surface area (Å²) in [6, 6.07) is 23.0. The van der Waals surface area contributed by atoms with Crippen LogP contribution in [0.3, 0.4) is 0 Å². The fourth-order valence-electron chi connectivity index (χ4n) is 3.14. The van der Waals surface area contributed by atoms with Crippen LogP contribution in [0.25, 0.3) is 16.6 Å². The number of benzene rings is 3. The van der Waals surface area contributed by atoms with Crippen molar-refractivity contribution >= 4 is 23.1 Å². The van der Waals surface area contributed by atoms with Gasteiger partial charge in [-0.3, -0.25) is 4.79 Å². The molecule has 0 bridgehead atoms. The Kier molecular flexibility index (Phi) is 4.72. The van der Waals surface area contributed by atoms with Crippen LogP contribution in [-0.4, -0.2) is 15.8 Å². The molecular weight excluding hydrogens is 348 g/mol. The number of aromatic nitrogens is 2. The molecule has 1 heterocycles. The largest absolute Gasteiger partial charge is 0.268 e. The van der Waals surface area contributed by atoms with Gasteiger partial charge in [0.05, 0.1) is 22.8 Å². The molecule has 0 atom stereocenters. The van der Waals surface area contributed by atoms with E-state index in [0.717, 1.165) is 22.4 Å². The fourth-order valence-corrected chi connectivity index (χ4v) is 3.14. The van der Waals surface area contributed by atoms with E-state index < -0.39 is 0 Å². The van der Waals surface area contributed by atoms with Crippen molar-refractivity contribution in [3.8, 4) is 5.69 Å². The normalized spacial score (nSPS) is 11.2. The molecule has 5 heteroatoms. The third-order valence-corrected chi connectivity index (χ3v) is 4.69. The van der Waals surface area contributed by atoms with Crippen LogP contribution in [0, 0.1) is 13.8 Å². The summed E-state index contributed by atoms with van der Waals surface area (Å²) in [6.45, 7) is 4.00. The highest BCUT2D eigenvalue weighted by Gasteiger charge is 2.13. The van der Waals surface area contributed by atoms with Crippen LogP contribution in [-0.2, 0) is 0 Å². The van der Waals surface area contributed by atoms with Crippen LogP contribution in [0.5, 0.6) is 0 Å². The molecule has 0 aliphatic carbocycles. The summed E-state index contributed by atoms with van der Waals surface area (Å²) >= 11 is 0.